The molecule has 0 saturated carbocycles. The number of nitrogens with zero attached hydrogens (tertiary/aromatic N) is 1. The zero-order chi connectivity index (χ0) is 26.4. The van der Waals surface area contributed by atoms with Gasteiger partial charge in [0.2, 0.25) is 0 Å². The number of rotatable bonds is 11. The van der Waals surface area contributed by atoms with Crippen LogP contribution in [-0.4, -0.2) is 58.6 Å². The summed E-state index contributed by atoms with van der Waals surface area (Å²) in [5.74, 6) is 0.797. The van der Waals surface area contributed by atoms with Crippen molar-refractivity contribution in [3.8, 4) is 28.4 Å². The molecule has 3 aromatic carbocycles. The lowest BCUT2D eigenvalue weighted by molar-refractivity contribution is -0.385. The lowest BCUT2D eigenvalue weighted by Gasteiger charge is -2.16. The first-order chi connectivity index (χ1) is 17.9. The Hall–Kier alpha value is -4.35. The summed E-state index contributed by atoms with van der Waals surface area (Å²) in [6, 6.07) is 13.3. The van der Waals surface area contributed by atoms with Crippen LogP contribution in [0.15, 0.2) is 48.5 Å². The maximum atomic E-state index is 13.0. The first kappa shape index (κ1) is 25.7. The van der Waals surface area contributed by atoms with E-state index in [9.17, 15) is 14.9 Å². The van der Waals surface area contributed by atoms with Crippen LogP contribution in [0.25, 0.3) is 11.1 Å². The number of hydrogen-bond donors (Lipinski definition) is 2. The van der Waals surface area contributed by atoms with Gasteiger partial charge >= 0.3 is 5.69 Å². The zero-order valence-corrected chi connectivity index (χ0v) is 20.7. The molecule has 11 heteroatoms. The number of nitrogens with one attached hydrogen (secondary N) is 2. The third-order valence-electron chi connectivity index (χ3n) is 5.71. The molecule has 2 N–H and O–H groups in total. The predicted octanol–water partition coefficient (Wildman–Crippen LogP) is 4.63. The number of benzene rings is 3. The normalized spacial score (nSPS) is 11.9. The summed E-state index contributed by atoms with van der Waals surface area (Å²) in [7, 11) is 4.51. The SMILES string of the molecule is COCCOCCOc1cc2c(cc1OC)NC(=O)c1ccc(-c3ccc([N+](=O)[O-])c(OC)c3)cc1N2. The molecule has 0 bridgehead atoms. The number of carbonyl (C=O) groups is 1. The second-order valence-electron chi connectivity index (χ2n) is 7.99. The number of nitro benzene ring substituents is 1. The molecule has 37 heavy (non-hydrogen) atoms. The molecule has 0 saturated heterocycles. The summed E-state index contributed by atoms with van der Waals surface area (Å²) in [6.07, 6.45) is 0. The highest BCUT2D eigenvalue weighted by Gasteiger charge is 2.23. The lowest BCUT2D eigenvalue weighted by atomic mass is 10.0. The third kappa shape index (κ3) is 5.74. The van der Waals surface area contributed by atoms with Crippen LogP contribution in [0.4, 0.5) is 22.7 Å². The van der Waals surface area contributed by atoms with Crippen LogP contribution in [-0.2, 0) is 9.47 Å². The summed E-state index contributed by atoms with van der Waals surface area (Å²) >= 11 is 0. The number of nitro groups is 1. The van der Waals surface area contributed by atoms with Gasteiger partial charge in [-0.3, -0.25) is 14.9 Å². The van der Waals surface area contributed by atoms with Gasteiger partial charge in [-0.1, -0.05) is 6.07 Å². The van der Waals surface area contributed by atoms with Gasteiger partial charge < -0.3 is 34.3 Å². The summed E-state index contributed by atoms with van der Waals surface area (Å²) < 4.78 is 26.9. The fourth-order valence-electron chi connectivity index (χ4n) is 3.86. The Bertz CT molecular complexity index is 1310. The van der Waals surface area contributed by atoms with Crippen molar-refractivity contribution >= 4 is 28.7 Å². The quantitative estimate of drug-likeness (QED) is 0.216. The van der Waals surface area contributed by atoms with Crippen molar-refractivity contribution in [1.82, 2.24) is 0 Å². The highest BCUT2D eigenvalue weighted by Crippen LogP contribution is 2.41. The fraction of sp³-hybridized carbons (Fsp3) is 0.269. The van der Waals surface area contributed by atoms with Gasteiger partial charge in [0, 0.05) is 25.3 Å². The highest BCUT2D eigenvalue weighted by atomic mass is 16.6. The van der Waals surface area contributed by atoms with E-state index in [1.54, 1.807) is 49.6 Å². The number of carbonyl (C=O) groups excluding carboxylic acids is 1. The summed E-state index contributed by atoms with van der Waals surface area (Å²) in [6.45, 7) is 1.64. The predicted molar refractivity (Wildman–Crippen MR) is 138 cm³/mol. The average Bonchev–Trinajstić information content (AvgIpc) is 3.04. The standard InChI is InChI=1S/C26H27N3O8/c1-33-8-9-36-10-11-37-25-15-20-21(14-24(25)35-3)28-26(30)18-6-4-16(12-19(18)27-20)17-5-7-22(29(31)32)23(13-17)34-2/h4-7,12-15,27H,8-11H2,1-3H3,(H,28,30). The number of amides is 1. The summed E-state index contributed by atoms with van der Waals surface area (Å²) in [5, 5.41) is 17.5. The number of fused-ring (bicyclic) bond motifs is 2. The van der Waals surface area contributed by atoms with Crippen molar-refractivity contribution < 1.29 is 33.4 Å². The van der Waals surface area contributed by atoms with E-state index in [2.05, 4.69) is 10.6 Å². The van der Waals surface area contributed by atoms with Gasteiger partial charge in [-0.05, 0) is 35.4 Å². The minimum Gasteiger partial charge on any atom is -0.493 e. The third-order valence-corrected chi connectivity index (χ3v) is 5.71. The molecule has 0 radical (unpaired) electrons. The first-order valence-electron chi connectivity index (χ1n) is 11.4. The molecule has 1 aliphatic rings. The smallest absolute Gasteiger partial charge is 0.310 e. The van der Waals surface area contributed by atoms with Crippen molar-refractivity contribution in [3.05, 3.63) is 64.2 Å². The van der Waals surface area contributed by atoms with Crippen LogP contribution in [0.3, 0.4) is 0 Å². The molecule has 0 unspecified atom stereocenters. The van der Waals surface area contributed by atoms with Crippen molar-refractivity contribution in [2.75, 3.05) is 58.4 Å². The van der Waals surface area contributed by atoms with Crippen molar-refractivity contribution in [2.24, 2.45) is 0 Å². The summed E-state index contributed by atoms with van der Waals surface area (Å²) in [4.78, 5) is 23.7. The molecule has 0 atom stereocenters. The van der Waals surface area contributed by atoms with Gasteiger partial charge in [-0.2, -0.15) is 0 Å². The summed E-state index contributed by atoms with van der Waals surface area (Å²) in [5.41, 5.74) is 3.45. The average molecular weight is 510 g/mol. The number of hydrogen-bond acceptors (Lipinski definition) is 9. The van der Waals surface area contributed by atoms with Gasteiger partial charge in [-0.15, -0.1) is 0 Å². The van der Waals surface area contributed by atoms with E-state index >= 15 is 0 Å². The van der Waals surface area contributed by atoms with Crippen LogP contribution in [0.1, 0.15) is 10.4 Å². The van der Waals surface area contributed by atoms with Gasteiger partial charge in [0.15, 0.2) is 17.2 Å². The molecule has 3 aromatic rings. The van der Waals surface area contributed by atoms with Crippen molar-refractivity contribution in [3.63, 3.8) is 0 Å². The maximum Gasteiger partial charge on any atom is 0.310 e. The number of ether oxygens (including phenoxy) is 5. The van der Waals surface area contributed by atoms with Crippen LogP contribution in [0.5, 0.6) is 17.2 Å². The fourth-order valence-corrected chi connectivity index (χ4v) is 3.86. The first-order valence-corrected chi connectivity index (χ1v) is 11.4. The minimum absolute atomic E-state index is 0.127. The topological polar surface area (TPSA) is 130 Å². The molecule has 1 aliphatic heterocycles. The number of anilines is 3. The molecule has 11 nitrogen and oxygen atoms in total. The molecule has 0 aliphatic carbocycles. The van der Waals surface area contributed by atoms with Crippen LogP contribution in [0.2, 0.25) is 0 Å². The van der Waals surface area contributed by atoms with Crippen molar-refractivity contribution in [1.29, 1.82) is 0 Å². The highest BCUT2D eigenvalue weighted by molar-refractivity contribution is 6.12. The Labute approximate surface area is 213 Å². The van der Waals surface area contributed by atoms with E-state index in [0.29, 0.717) is 66.1 Å². The molecule has 1 heterocycles. The molecular weight excluding hydrogens is 482 g/mol. The second kappa shape index (κ2) is 11.6. The van der Waals surface area contributed by atoms with E-state index in [1.165, 1.54) is 20.3 Å². The van der Waals surface area contributed by atoms with E-state index in [-0.39, 0.29) is 17.3 Å². The Morgan fingerprint density at radius 1 is 0.757 bits per heavy atom. The lowest BCUT2D eigenvalue weighted by Crippen LogP contribution is -2.11. The molecular formula is C26H27N3O8. The Kier molecular flexibility index (Phi) is 8.06. The molecule has 1 amide bonds. The molecule has 4 rings (SSSR count). The van der Waals surface area contributed by atoms with E-state index < -0.39 is 4.92 Å². The largest absolute Gasteiger partial charge is 0.493 e. The van der Waals surface area contributed by atoms with Crippen LogP contribution in [0, 0.1) is 10.1 Å². The Balaban J connectivity index is 1.62. The molecule has 194 valence electrons. The Morgan fingerprint density at radius 2 is 1.43 bits per heavy atom. The van der Waals surface area contributed by atoms with E-state index in [4.69, 9.17) is 23.7 Å². The zero-order valence-electron chi connectivity index (χ0n) is 20.7. The van der Waals surface area contributed by atoms with E-state index in [0.717, 1.165) is 5.56 Å². The molecule has 0 spiro atoms. The van der Waals surface area contributed by atoms with Gasteiger partial charge in [-0.25, -0.2) is 0 Å². The van der Waals surface area contributed by atoms with Crippen LogP contribution >= 0.6 is 0 Å². The van der Waals surface area contributed by atoms with Gasteiger partial charge in [0.05, 0.1) is 61.6 Å². The monoisotopic (exact) mass is 509 g/mol. The van der Waals surface area contributed by atoms with Crippen LogP contribution < -0.4 is 24.8 Å². The second-order valence-corrected chi connectivity index (χ2v) is 7.99. The molecule has 0 aromatic heterocycles. The number of methoxy groups -OCH3 is 3. The van der Waals surface area contributed by atoms with E-state index in [1.807, 2.05) is 0 Å². The molecule has 0 fully saturated rings. The van der Waals surface area contributed by atoms with Crippen molar-refractivity contribution in [2.45, 2.75) is 0 Å². The van der Waals surface area contributed by atoms with Gasteiger partial charge in [0.1, 0.15) is 6.61 Å². The Morgan fingerprint density at radius 3 is 2.16 bits per heavy atom. The minimum atomic E-state index is -0.498. The maximum absolute atomic E-state index is 13.0. The van der Waals surface area contributed by atoms with Gasteiger partial charge in [0.25, 0.3) is 5.91 Å².